The van der Waals surface area contributed by atoms with E-state index in [1.54, 1.807) is 0 Å². The van der Waals surface area contributed by atoms with Gasteiger partial charge in [-0.05, 0) is 12.1 Å². The molecule has 0 saturated carbocycles. The number of carbonyl (C=O) groups excluding carboxylic acids is 2. The molecule has 0 heterocycles. The van der Waals surface area contributed by atoms with Gasteiger partial charge in [-0.15, -0.1) is 0 Å². The van der Waals surface area contributed by atoms with Gasteiger partial charge in [0.1, 0.15) is 11.6 Å². The third kappa shape index (κ3) is 2.94. The van der Waals surface area contributed by atoms with Crippen molar-refractivity contribution in [1.29, 1.82) is 0 Å². The van der Waals surface area contributed by atoms with Crippen LogP contribution in [0, 0.1) is 5.82 Å². The minimum Gasteiger partial charge on any atom is -0.507 e. The first-order chi connectivity index (χ1) is 7.00. The van der Waals surface area contributed by atoms with Gasteiger partial charge in [0.15, 0.2) is 0 Å². The molecular weight excluding hydrogens is 203 g/mol. The van der Waals surface area contributed by atoms with Crippen LogP contribution in [0.1, 0.15) is 10.4 Å². The molecule has 0 bridgehead atoms. The summed E-state index contributed by atoms with van der Waals surface area (Å²) in [5.41, 5.74) is 4.69. The van der Waals surface area contributed by atoms with Crippen LogP contribution in [0.15, 0.2) is 18.2 Å². The van der Waals surface area contributed by atoms with Crippen molar-refractivity contribution in [1.82, 2.24) is 5.32 Å². The first kappa shape index (κ1) is 11.0. The highest BCUT2D eigenvalue weighted by Crippen LogP contribution is 2.17. The van der Waals surface area contributed by atoms with Crippen LogP contribution in [0.4, 0.5) is 4.39 Å². The number of hydrogen-bond acceptors (Lipinski definition) is 3. The van der Waals surface area contributed by atoms with E-state index in [-0.39, 0.29) is 12.1 Å². The van der Waals surface area contributed by atoms with Crippen molar-refractivity contribution in [2.75, 3.05) is 6.54 Å². The molecule has 0 aromatic heterocycles. The van der Waals surface area contributed by atoms with Crippen LogP contribution in [-0.4, -0.2) is 23.5 Å². The number of hydrogen-bond donors (Lipinski definition) is 3. The van der Waals surface area contributed by atoms with Crippen molar-refractivity contribution >= 4 is 11.8 Å². The lowest BCUT2D eigenvalue weighted by Crippen LogP contribution is -2.33. The Kier molecular flexibility index (Phi) is 3.22. The van der Waals surface area contributed by atoms with E-state index in [9.17, 15) is 19.1 Å². The van der Waals surface area contributed by atoms with Crippen LogP contribution >= 0.6 is 0 Å². The fourth-order valence-electron chi connectivity index (χ4n) is 0.959. The first-order valence-corrected chi connectivity index (χ1v) is 4.05. The molecule has 0 radical (unpaired) electrons. The van der Waals surface area contributed by atoms with E-state index in [0.717, 1.165) is 18.2 Å². The standard InChI is InChI=1S/C9H9FN2O3/c10-5-1-2-6(7(13)3-5)9(15)12-4-8(11)14/h1-3,13H,4H2,(H2,11,14)(H,12,15). The summed E-state index contributed by atoms with van der Waals surface area (Å²) in [5, 5.41) is 11.4. The van der Waals surface area contributed by atoms with E-state index >= 15 is 0 Å². The Bertz CT molecular complexity index is 406. The maximum Gasteiger partial charge on any atom is 0.255 e. The second kappa shape index (κ2) is 4.41. The second-order valence-corrected chi connectivity index (χ2v) is 2.81. The highest BCUT2D eigenvalue weighted by Gasteiger charge is 2.11. The number of benzene rings is 1. The Morgan fingerprint density at radius 2 is 2.13 bits per heavy atom. The molecule has 4 N–H and O–H groups in total. The largest absolute Gasteiger partial charge is 0.507 e. The van der Waals surface area contributed by atoms with Gasteiger partial charge in [0.25, 0.3) is 5.91 Å². The number of nitrogens with one attached hydrogen (secondary N) is 1. The van der Waals surface area contributed by atoms with Gasteiger partial charge in [0.2, 0.25) is 5.91 Å². The second-order valence-electron chi connectivity index (χ2n) is 2.81. The topological polar surface area (TPSA) is 92.4 Å². The first-order valence-electron chi connectivity index (χ1n) is 4.05. The lowest BCUT2D eigenvalue weighted by molar-refractivity contribution is -0.117. The predicted octanol–water partition coefficient (Wildman–Crippen LogP) is -0.254. The summed E-state index contributed by atoms with van der Waals surface area (Å²) in [6.45, 7) is -0.338. The Balaban J connectivity index is 2.78. The average Bonchev–Trinajstić information content (AvgIpc) is 2.14. The van der Waals surface area contributed by atoms with Gasteiger partial charge < -0.3 is 16.2 Å². The maximum absolute atomic E-state index is 12.6. The molecule has 0 saturated heterocycles. The van der Waals surface area contributed by atoms with Crippen LogP contribution in [0.2, 0.25) is 0 Å². The quantitative estimate of drug-likeness (QED) is 0.644. The molecule has 0 spiro atoms. The van der Waals surface area contributed by atoms with E-state index in [0.29, 0.717) is 0 Å². The van der Waals surface area contributed by atoms with Crippen LogP contribution < -0.4 is 11.1 Å². The Labute approximate surface area is 84.7 Å². The fraction of sp³-hybridized carbons (Fsp3) is 0.111. The third-order valence-electron chi connectivity index (χ3n) is 1.63. The number of aromatic hydroxyl groups is 1. The number of halogens is 1. The minimum atomic E-state index is -0.704. The van der Waals surface area contributed by atoms with Gasteiger partial charge in [-0.25, -0.2) is 4.39 Å². The smallest absolute Gasteiger partial charge is 0.255 e. The summed E-state index contributed by atoms with van der Waals surface area (Å²) in [4.78, 5) is 21.6. The number of amides is 2. The molecule has 0 unspecified atom stereocenters. The number of carbonyl (C=O) groups is 2. The zero-order valence-corrected chi connectivity index (χ0v) is 7.66. The number of phenolic OH excluding ortho intramolecular Hbond substituents is 1. The zero-order chi connectivity index (χ0) is 11.4. The van der Waals surface area contributed by atoms with Crippen molar-refractivity contribution < 1.29 is 19.1 Å². The normalized spacial score (nSPS) is 9.67. The van der Waals surface area contributed by atoms with Gasteiger partial charge in [0, 0.05) is 6.07 Å². The molecule has 0 fully saturated rings. The lowest BCUT2D eigenvalue weighted by Gasteiger charge is -2.04. The summed E-state index contributed by atoms with van der Waals surface area (Å²) < 4.78 is 12.6. The van der Waals surface area contributed by atoms with Crippen molar-refractivity contribution in [2.45, 2.75) is 0 Å². The molecular formula is C9H9FN2O3. The molecule has 6 heteroatoms. The number of primary amides is 1. The summed E-state index contributed by atoms with van der Waals surface area (Å²) in [6, 6.07) is 2.94. The Morgan fingerprint density at radius 3 is 2.67 bits per heavy atom. The monoisotopic (exact) mass is 212 g/mol. The highest BCUT2D eigenvalue weighted by molar-refractivity contribution is 5.98. The molecule has 0 atom stereocenters. The van der Waals surface area contributed by atoms with Crippen molar-refractivity contribution in [3.8, 4) is 5.75 Å². The Hall–Kier alpha value is -2.11. The van der Waals surface area contributed by atoms with Gasteiger partial charge in [0.05, 0.1) is 12.1 Å². The zero-order valence-electron chi connectivity index (χ0n) is 7.66. The SMILES string of the molecule is NC(=O)CNC(=O)c1ccc(F)cc1O. The molecule has 15 heavy (non-hydrogen) atoms. The molecule has 2 amide bonds. The number of nitrogens with two attached hydrogens (primary N) is 1. The lowest BCUT2D eigenvalue weighted by atomic mass is 10.2. The van der Waals surface area contributed by atoms with Gasteiger partial charge in [-0.1, -0.05) is 0 Å². The van der Waals surface area contributed by atoms with Crippen molar-refractivity contribution in [2.24, 2.45) is 5.73 Å². The van der Waals surface area contributed by atoms with E-state index < -0.39 is 23.4 Å². The van der Waals surface area contributed by atoms with Crippen LogP contribution in [-0.2, 0) is 4.79 Å². The molecule has 0 aliphatic carbocycles. The van der Waals surface area contributed by atoms with Crippen LogP contribution in [0.5, 0.6) is 5.75 Å². The van der Waals surface area contributed by atoms with Crippen LogP contribution in [0.3, 0.4) is 0 Å². The number of rotatable bonds is 3. The maximum atomic E-state index is 12.6. The molecule has 5 nitrogen and oxygen atoms in total. The fourth-order valence-corrected chi connectivity index (χ4v) is 0.959. The molecule has 0 aliphatic heterocycles. The average molecular weight is 212 g/mol. The van der Waals surface area contributed by atoms with E-state index in [1.165, 1.54) is 0 Å². The van der Waals surface area contributed by atoms with Gasteiger partial charge in [-0.3, -0.25) is 9.59 Å². The molecule has 1 aromatic rings. The number of phenols is 1. The summed E-state index contributed by atoms with van der Waals surface area (Å²) in [7, 11) is 0. The minimum absolute atomic E-state index is 0.113. The van der Waals surface area contributed by atoms with E-state index in [4.69, 9.17) is 5.73 Å². The Morgan fingerprint density at radius 1 is 1.47 bits per heavy atom. The molecule has 1 aromatic carbocycles. The summed E-state index contributed by atoms with van der Waals surface area (Å²) in [6.07, 6.45) is 0. The molecule has 0 aliphatic rings. The van der Waals surface area contributed by atoms with E-state index in [2.05, 4.69) is 5.32 Å². The van der Waals surface area contributed by atoms with Crippen molar-refractivity contribution in [3.05, 3.63) is 29.6 Å². The molecule has 1 rings (SSSR count). The van der Waals surface area contributed by atoms with E-state index in [1.807, 2.05) is 0 Å². The third-order valence-corrected chi connectivity index (χ3v) is 1.63. The van der Waals surface area contributed by atoms with Crippen LogP contribution in [0.25, 0.3) is 0 Å². The van der Waals surface area contributed by atoms with Gasteiger partial charge in [-0.2, -0.15) is 0 Å². The molecule has 80 valence electrons. The van der Waals surface area contributed by atoms with Crippen molar-refractivity contribution in [3.63, 3.8) is 0 Å². The van der Waals surface area contributed by atoms with Gasteiger partial charge >= 0.3 is 0 Å². The highest BCUT2D eigenvalue weighted by atomic mass is 19.1. The summed E-state index contributed by atoms with van der Waals surface area (Å²) in [5.74, 6) is -2.54. The predicted molar refractivity (Wildman–Crippen MR) is 49.6 cm³/mol. The summed E-state index contributed by atoms with van der Waals surface area (Å²) >= 11 is 0.